The lowest BCUT2D eigenvalue weighted by atomic mass is 9.99. The summed E-state index contributed by atoms with van der Waals surface area (Å²) in [5.74, 6) is 1.68. The molecule has 0 saturated carbocycles. The van der Waals surface area contributed by atoms with E-state index in [9.17, 15) is 4.79 Å². The molecule has 2 heterocycles. The second-order valence-electron chi connectivity index (χ2n) is 6.60. The molecule has 7 heteroatoms. The van der Waals surface area contributed by atoms with Gasteiger partial charge in [0.1, 0.15) is 5.82 Å². The number of pyridine rings is 1. The molecule has 0 atom stereocenters. The van der Waals surface area contributed by atoms with Crippen molar-refractivity contribution in [2.75, 3.05) is 18.0 Å². The van der Waals surface area contributed by atoms with E-state index in [-0.39, 0.29) is 30.7 Å². The third-order valence-electron chi connectivity index (χ3n) is 3.96. The fourth-order valence-electron chi connectivity index (χ4n) is 2.36. The normalized spacial score (nSPS) is 15.4. The monoisotopic (exact) mass is 362 g/mol. The van der Waals surface area contributed by atoms with Gasteiger partial charge < -0.3 is 16.0 Å². The molecule has 1 aromatic rings. The van der Waals surface area contributed by atoms with Crippen LogP contribution < -0.4 is 16.0 Å². The highest BCUT2D eigenvalue weighted by Gasteiger charge is 2.21. The number of piperidine rings is 1. The Kier molecular flexibility index (Phi) is 8.88. The first kappa shape index (κ1) is 22.0. The SMILES string of the molecule is CC1CCN(c2ccc(CNC(=O)C(C)(C)N)cn2)CC1.Cl.Cl. The molecule has 0 spiro atoms. The largest absolute Gasteiger partial charge is 0.357 e. The zero-order valence-electron chi connectivity index (χ0n) is 14.0. The molecule has 2 rings (SSSR count). The first-order chi connectivity index (χ1) is 9.86. The van der Waals surface area contributed by atoms with Crippen molar-refractivity contribution in [3.63, 3.8) is 0 Å². The number of nitrogens with two attached hydrogens (primary N) is 1. The quantitative estimate of drug-likeness (QED) is 0.862. The summed E-state index contributed by atoms with van der Waals surface area (Å²) in [7, 11) is 0. The summed E-state index contributed by atoms with van der Waals surface area (Å²) in [6.45, 7) is 8.30. The zero-order valence-corrected chi connectivity index (χ0v) is 15.7. The van der Waals surface area contributed by atoms with Gasteiger partial charge in [0.15, 0.2) is 0 Å². The van der Waals surface area contributed by atoms with E-state index < -0.39 is 5.54 Å². The minimum absolute atomic E-state index is 0. The van der Waals surface area contributed by atoms with Gasteiger partial charge >= 0.3 is 0 Å². The van der Waals surface area contributed by atoms with Crippen LogP contribution in [0.15, 0.2) is 18.3 Å². The molecule has 5 nitrogen and oxygen atoms in total. The van der Waals surface area contributed by atoms with Crippen molar-refractivity contribution >= 4 is 36.5 Å². The molecule has 132 valence electrons. The number of halogens is 2. The van der Waals surface area contributed by atoms with Gasteiger partial charge in [-0.2, -0.15) is 0 Å². The first-order valence-electron chi connectivity index (χ1n) is 7.63. The highest BCUT2D eigenvalue weighted by molar-refractivity contribution is 5.85. The number of hydrogen-bond acceptors (Lipinski definition) is 4. The van der Waals surface area contributed by atoms with Crippen molar-refractivity contribution in [1.82, 2.24) is 10.3 Å². The van der Waals surface area contributed by atoms with Gasteiger partial charge in [0.05, 0.1) is 5.54 Å². The van der Waals surface area contributed by atoms with E-state index in [0.29, 0.717) is 6.54 Å². The number of aromatic nitrogens is 1. The fraction of sp³-hybridized carbons (Fsp3) is 0.625. The maximum atomic E-state index is 11.7. The number of carbonyl (C=O) groups is 1. The Labute approximate surface area is 151 Å². The van der Waals surface area contributed by atoms with Crippen molar-refractivity contribution in [1.29, 1.82) is 0 Å². The molecular formula is C16H28Cl2N4O. The summed E-state index contributed by atoms with van der Waals surface area (Å²) >= 11 is 0. The predicted molar refractivity (Wildman–Crippen MR) is 99.5 cm³/mol. The maximum absolute atomic E-state index is 11.7. The van der Waals surface area contributed by atoms with Crippen molar-refractivity contribution in [3.05, 3.63) is 23.9 Å². The molecule has 0 aliphatic carbocycles. The second kappa shape index (κ2) is 9.30. The lowest BCUT2D eigenvalue weighted by Crippen LogP contribution is -2.48. The van der Waals surface area contributed by atoms with Crippen molar-refractivity contribution in [3.8, 4) is 0 Å². The minimum Gasteiger partial charge on any atom is -0.357 e. The molecule has 3 N–H and O–H groups in total. The van der Waals surface area contributed by atoms with Crippen LogP contribution >= 0.6 is 24.8 Å². The van der Waals surface area contributed by atoms with Gasteiger partial charge in [0.25, 0.3) is 0 Å². The number of carbonyl (C=O) groups excluding carboxylic acids is 1. The molecule has 1 aromatic heterocycles. The predicted octanol–water partition coefficient (Wildman–Crippen LogP) is 2.52. The third-order valence-corrected chi connectivity index (χ3v) is 3.96. The Bertz CT molecular complexity index is 480. The topological polar surface area (TPSA) is 71.2 Å². The van der Waals surface area contributed by atoms with Crippen LogP contribution in [0.5, 0.6) is 0 Å². The van der Waals surface area contributed by atoms with Crippen LogP contribution in [-0.4, -0.2) is 29.5 Å². The molecule has 0 bridgehead atoms. The first-order valence-corrected chi connectivity index (χ1v) is 7.63. The van der Waals surface area contributed by atoms with Gasteiger partial charge in [0, 0.05) is 25.8 Å². The average Bonchev–Trinajstić information content (AvgIpc) is 2.45. The Morgan fingerprint density at radius 3 is 2.43 bits per heavy atom. The van der Waals surface area contributed by atoms with E-state index in [1.165, 1.54) is 12.8 Å². The highest BCUT2D eigenvalue weighted by Crippen LogP contribution is 2.21. The van der Waals surface area contributed by atoms with E-state index in [1.54, 1.807) is 13.8 Å². The van der Waals surface area contributed by atoms with E-state index in [4.69, 9.17) is 5.73 Å². The Morgan fingerprint density at radius 2 is 1.96 bits per heavy atom. The Morgan fingerprint density at radius 1 is 1.35 bits per heavy atom. The molecule has 1 aliphatic heterocycles. The van der Waals surface area contributed by atoms with Crippen LogP contribution in [0.2, 0.25) is 0 Å². The standard InChI is InChI=1S/C16H26N4O.2ClH/c1-12-6-8-20(9-7-12)14-5-4-13(10-18-14)11-19-15(21)16(2,3)17;;/h4-5,10,12H,6-9,11,17H2,1-3H3,(H,19,21);2*1H. The zero-order chi connectivity index (χ0) is 15.5. The number of anilines is 1. The molecular weight excluding hydrogens is 335 g/mol. The molecule has 0 radical (unpaired) electrons. The maximum Gasteiger partial charge on any atom is 0.239 e. The lowest BCUT2D eigenvalue weighted by molar-refractivity contribution is -0.125. The summed E-state index contributed by atoms with van der Waals surface area (Å²) in [6, 6.07) is 4.05. The molecule has 1 amide bonds. The summed E-state index contributed by atoms with van der Waals surface area (Å²) < 4.78 is 0. The van der Waals surface area contributed by atoms with E-state index in [0.717, 1.165) is 30.4 Å². The van der Waals surface area contributed by atoms with Gasteiger partial charge in [-0.1, -0.05) is 13.0 Å². The van der Waals surface area contributed by atoms with Crippen molar-refractivity contribution in [2.45, 2.75) is 45.7 Å². The van der Waals surface area contributed by atoms with Crippen molar-refractivity contribution < 1.29 is 4.79 Å². The number of amides is 1. The van der Waals surface area contributed by atoms with E-state index in [1.807, 2.05) is 18.3 Å². The van der Waals surface area contributed by atoms with Gasteiger partial charge in [-0.15, -0.1) is 24.8 Å². The molecule has 23 heavy (non-hydrogen) atoms. The minimum atomic E-state index is -0.849. The molecule has 0 aromatic carbocycles. The number of nitrogens with zero attached hydrogens (tertiary/aromatic N) is 2. The second-order valence-corrected chi connectivity index (χ2v) is 6.60. The van der Waals surface area contributed by atoms with Crippen LogP contribution in [0.1, 0.15) is 39.2 Å². The van der Waals surface area contributed by atoms with E-state index >= 15 is 0 Å². The summed E-state index contributed by atoms with van der Waals surface area (Å²) in [6.07, 6.45) is 4.29. The third kappa shape index (κ3) is 6.53. The molecule has 1 fully saturated rings. The Hall–Kier alpha value is -1.04. The van der Waals surface area contributed by atoms with Crippen LogP contribution in [0.4, 0.5) is 5.82 Å². The summed E-state index contributed by atoms with van der Waals surface area (Å²) in [5, 5.41) is 2.83. The van der Waals surface area contributed by atoms with Gasteiger partial charge in [0.2, 0.25) is 5.91 Å². The van der Waals surface area contributed by atoms with Crippen LogP contribution in [-0.2, 0) is 11.3 Å². The average molecular weight is 363 g/mol. The van der Waals surface area contributed by atoms with Gasteiger partial charge in [-0.25, -0.2) is 4.98 Å². The summed E-state index contributed by atoms with van der Waals surface area (Å²) in [4.78, 5) is 18.6. The van der Waals surface area contributed by atoms with Crippen LogP contribution in [0.25, 0.3) is 0 Å². The number of nitrogens with one attached hydrogen (secondary N) is 1. The summed E-state index contributed by atoms with van der Waals surface area (Å²) in [5.41, 5.74) is 5.88. The van der Waals surface area contributed by atoms with Crippen LogP contribution in [0, 0.1) is 5.92 Å². The number of hydrogen-bond donors (Lipinski definition) is 2. The highest BCUT2D eigenvalue weighted by atomic mass is 35.5. The van der Waals surface area contributed by atoms with E-state index in [2.05, 4.69) is 22.1 Å². The molecule has 0 unspecified atom stereocenters. The smallest absolute Gasteiger partial charge is 0.239 e. The Balaban J connectivity index is 0.00000242. The molecule has 1 aliphatic rings. The molecule has 1 saturated heterocycles. The van der Waals surface area contributed by atoms with Gasteiger partial charge in [-0.05, 0) is 44.2 Å². The lowest BCUT2D eigenvalue weighted by Gasteiger charge is -2.31. The number of rotatable bonds is 4. The van der Waals surface area contributed by atoms with Gasteiger partial charge in [-0.3, -0.25) is 4.79 Å². The van der Waals surface area contributed by atoms with Crippen molar-refractivity contribution in [2.24, 2.45) is 11.7 Å². The fourth-order valence-corrected chi connectivity index (χ4v) is 2.36. The van der Waals surface area contributed by atoms with Crippen LogP contribution in [0.3, 0.4) is 0 Å².